The molecule has 2 aromatic heterocycles. The van der Waals surface area contributed by atoms with Crippen molar-refractivity contribution < 1.29 is 5.11 Å². The van der Waals surface area contributed by atoms with Gasteiger partial charge in [-0.1, -0.05) is 25.7 Å². The third-order valence-electron chi connectivity index (χ3n) is 4.63. The van der Waals surface area contributed by atoms with Crippen LogP contribution in [0.25, 0.3) is 4.83 Å². The predicted molar refractivity (Wildman–Crippen MR) is 76.6 cm³/mol. The van der Waals surface area contributed by atoms with Gasteiger partial charge in [0.25, 0.3) is 0 Å². The van der Waals surface area contributed by atoms with Crippen LogP contribution in [0, 0.1) is 5.92 Å². The Hall–Kier alpha value is -0.870. The molecule has 102 valence electrons. The molecule has 0 unspecified atom stereocenters. The van der Waals surface area contributed by atoms with Gasteiger partial charge in [0, 0.05) is 4.88 Å². The lowest BCUT2D eigenvalue weighted by Crippen LogP contribution is -2.08. The van der Waals surface area contributed by atoms with Crippen LogP contribution in [-0.2, 0) is 0 Å². The second-order valence-corrected chi connectivity index (χ2v) is 7.19. The van der Waals surface area contributed by atoms with Crippen LogP contribution in [0.1, 0.15) is 67.5 Å². The molecule has 2 saturated carbocycles. The van der Waals surface area contributed by atoms with Crippen LogP contribution >= 0.6 is 11.3 Å². The lowest BCUT2D eigenvalue weighted by Gasteiger charge is -2.16. The molecule has 2 fully saturated rings. The molecule has 0 amide bonds. The minimum Gasteiger partial charge on any atom is -0.387 e. The SMILES string of the molecule is O[C@H](CC1CCCC1)c1c(C2CC2)sc2cncn12. The standard InChI is InChI=1S/C15H20N2OS/c18-12(7-10-3-1-2-4-10)14-15(11-5-6-11)19-13-8-16-9-17(13)14/h8-12,18H,1-7H2/t12-/m1/s1. The van der Waals surface area contributed by atoms with E-state index in [1.807, 2.05) is 23.9 Å². The molecule has 2 heterocycles. The molecule has 0 spiro atoms. The second-order valence-electron chi connectivity index (χ2n) is 6.13. The minimum atomic E-state index is -0.304. The maximum atomic E-state index is 10.7. The molecule has 0 aliphatic heterocycles. The number of hydrogen-bond acceptors (Lipinski definition) is 3. The zero-order chi connectivity index (χ0) is 12.8. The smallest absolute Gasteiger partial charge is 0.120 e. The Morgan fingerprint density at radius 1 is 1.32 bits per heavy atom. The number of rotatable bonds is 4. The Bertz CT molecular complexity index is 578. The molecule has 4 rings (SSSR count). The summed E-state index contributed by atoms with van der Waals surface area (Å²) in [4.78, 5) is 6.82. The molecule has 4 heteroatoms. The third kappa shape index (κ3) is 2.11. The van der Waals surface area contributed by atoms with E-state index in [1.54, 1.807) is 0 Å². The van der Waals surface area contributed by atoms with Crippen molar-refractivity contribution >= 4 is 16.2 Å². The van der Waals surface area contributed by atoms with Crippen molar-refractivity contribution in [2.45, 2.75) is 57.0 Å². The summed E-state index contributed by atoms with van der Waals surface area (Å²) in [6.07, 6.45) is 12.3. The van der Waals surface area contributed by atoms with Gasteiger partial charge >= 0.3 is 0 Å². The summed E-state index contributed by atoms with van der Waals surface area (Å²) in [6.45, 7) is 0. The average Bonchev–Trinajstić information content (AvgIpc) is 2.82. The monoisotopic (exact) mass is 276 g/mol. The number of aromatic nitrogens is 2. The maximum absolute atomic E-state index is 10.7. The summed E-state index contributed by atoms with van der Waals surface area (Å²) in [5.74, 6) is 1.43. The summed E-state index contributed by atoms with van der Waals surface area (Å²) in [5, 5.41) is 10.7. The lowest BCUT2D eigenvalue weighted by molar-refractivity contribution is 0.139. The van der Waals surface area contributed by atoms with Gasteiger partial charge in [0.15, 0.2) is 0 Å². The second kappa shape index (κ2) is 4.60. The Balaban J connectivity index is 1.67. The van der Waals surface area contributed by atoms with E-state index in [9.17, 15) is 5.11 Å². The molecule has 19 heavy (non-hydrogen) atoms. The van der Waals surface area contributed by atoms with E-state index >= 15 is 0 Å². The topological polar surface area (TPSA) is 37.5 Å². The highest BCUT2D eigenvalue weighted by Crippen LogP contribution is 2.48. The number of fused-ring (bicyclic) bond motifs is 1. The number of aliphatic hydroxyl groups excluding tert-OH is 1. The fourth-order valence-electron chi connectivity index (χ4n) is 3.46. The first kappa shape index (κ1) is 11.9. The van der Waals surface area contributed by atoms with Crippen molar-refractivity contribution in [3.63, 3.8) is 0 Å². The van der Waals surface area contributed by atoms with E-state index in [0.717, 1.165) is 18.0 Å². The Kier molecular flexibility index (Phi) is 2.88. The molecule has 0 saturated heterocycles. The van der Waals surface area contributed by atoms with Crippen LogP contribution in [0.2, 0.25) is 0 Å². The molecule has 2 aliphatic carbocycles. The van der Waals surface area contributed by atoms with Gasteiger partial charge in [0.1, 0.15) is 11.2 Å². The van der Waals surface area contributed by atoms with Crippen molar-refractivity contribution in [2.75, 3.05) is 0 Å². The summed E-state index contributed by atoms with van der Waals surface area (Å²) in [5.41, 5.74) is 1.15. The maximum Gasteiger partial charge on any atom is 0.120 e. The van der Waals surface area contributed by atoms with Crippen LogP contribution in [-0.4, -0.2) is 14.5 Å². The van der Waals surface area contributed by atoms with Gasteiger partial charge in [-0.15, -0.1) is 11.3 Å². The van der Waals surface area contributed by atoms with Gasteiger partial charge in [-0.25, -0.2) is 4.98 Å². The highest BCUT2D eigenvalue weighted by atomic mass is 32.1. The van der Waals surface area contributed by atoms with Gasteiger partial charge < -0.3 is 5.11 Å². The van der Waals surface area contributed by atoms with Crippen LogP contribution in [0.15, 0.2) is 12.5 Å². The Morgan fingerprint density at radius 3 is 2.84 bits per heavy atom. The van der Waals surface area contributed by atoms with Crippen LogP contribution < -0.4 is 0 Å². The molecular formula is C15H20N2OS. The summed E-state index contributed by atoms with van der Waals surface area (Å²) < 4.78 is 2.12. The van der Waals surface area contributed by atoms with E-state index in [4.69, 9.17) is 0 Å². The van der Waals surface area contributed by atoms with Gasteiger partial charge in [-0.3, -0.25) is 4.40 Å². The highest BCUT2D eigenvalue weighted by Gasteiger charge is 2.33. The fraction of sp³-hybridized carbons (Fsp3) is 0.667. The first-order chi connectivity index (χ1) is 9.33. The zero-order valence-electron chi connectivity index (χ0n) is 11.1. The molecule has 0 aromatic carbocycles. The Labute approximate surface area is 117 Å². The quantitative estimate of drug-likeness (QED) is 0.920. The molecule has 3 nitrogen and oxygen atoms in total. The summed E-state index contributed by atoms with van der Waals surface area (Å²) >= 11 is 1.83. The van der Waals surface area contributed by atoms with Crippen molar-refractivity contribution in [2.24, 2.45) is 5.92 Å². The van der Waals surface area contributed by atoms with Crippen molar-refractivity contribution in [3.8, 4) is 0 Å². The first-order valence-corrected chi connectivity index (χ1v) is 8.27. The molecule has 2 aliphatic rings. The van der Waals surface area contributed by atoms with Crippen LogP contribution in [0.3, 0.4) is 0 Å². The van der Waals surface area contributed by atoms with Gasteiger partial charge in [-0.05, 0) is 31.1 Å². The average molecular weight is 276 g/mol. The molecular weight excluding hydrogens is 256 g/mol. The molecule has 0 bridgehead atoms. The fourth-order valence-corrected chi connectivity index (χ4v) is 4.78. The van der Waals surface area contributed by atoms with Gasteiger partial charge in [0.05, 0.1) is 18.0 Å². The van der Waals surface area contributed by atoms with Gasteiger partial charge in [-0.2, -0.15) is 0 Å². The van der Waals surface area contributed by atoms with E-state index in [-0.39, 0.29) is 6.10 Å². The number of hydrogen-bond donors (Lipinski definition) is 1. The highest BCUT2D eigenvalue weighted by molar-refractivity contribution is 7.17. The van der Waals surface area contributed by atoms with E-state index in [0.29, 0.717) is 5.92 Å². The minimum absolute atomic E-state index is 0.304. The number of imidazole rings is 1. The zero-order valence-corrected chi connectivity index (χ0v) is 11.9. The number of aliphatic hydroxyl groups is 1. The number of thiazole rings is 1. The lowest BCUT2D eigenvalue weighted by atomic mass is 9.97. The van der Waals surface area contributed by atoms with E-state index < -0.39 is 0 Å². The first-order valence-electron chi connectivity index (χ1n) is 7.45. The van der Waals surface area contributed by atoms with Crippen molar-refractivity contribution in [3.05, 3.63) is 23.1 Å². The molecule has 1 N–H and O–H groups in total. The number of nitrogens with zero attached hydrogens (tertiary/aromatic N) is 2. The van der Waals surface area contributed by atoms with Crippen molar-refractivity contribution in [1.29, 1.82) is 0 Å². The molecule has 0 radical (unpaired) electrons. The predicted octanol–water partition coefficient (Wildman–Crippen LogP) is 3.89. The van der Waals surface area contributed by atoms with E-state index in [2.05, 4.69) is 9.38 Å². The van der Waals surface area contributed by atoms with Crippen LogP contribution in [0.4, 0.5) is 0 Å². The summed E-state index contributed by atoms with van der Waals surface area (Å²) in [6, 6.07) is 0. The Morgan fingerprint density at radius 2 is 2.11 bits per heavy atom. The normalized spacial score (nSPS) is 22.4. The van der Waals surface area contributed by atoms with E-state index in [1.165, 1.54) is 48.2 Å². The van der Waals surface area contributed by atoms with Crippen molar-refractivity contribution in [1.82, 2.24) is 9.38 Å². The largest absolute Gasteiger partial charge is 0.387 e. The summed E-state index contributed by atoms with van der Waals surface area (Å²) in [7, 11) is 0. The molecule has 1 atom stereocenters. The van der Waals surface area contributed by atoms with Crippen LogP contribution in [0.5, 0.6) is 0 Å². The third-order valence-corrected chi connectivity index (χ3v) is 5.90. The molecule has 2 aromatic rings. The van der Waals surface area contributed by atoms with Gasteiger partial charge in [0.2, 0.25) is 0 Å².